The van der Waals surface area contributed by atoms with Crippen molar-refractivity contribution in [1.82, 2.24) is 0 Å². The summed E-state index contributed by atoms with van der Waals surface area (Å²) in [5.41, 5.74) is 0. The number of carbonyl (C=O) groups excluding carboxylic acids is 1. The van der Waals surface area contributed by atoms with Crippen LogP contribution in [0.1, 0.15) is 13.3 Å². The van der Waals surface area contributed by atoms with Gasteiger partial charge in [-0.3, -0.25) is 4.18 Å². The summed E-state index contributed by atoms with van der Waals surface area (Å²) in [5, 5.41) is 6.07. The number of carbonyl (C=O) groups is 1. The van der Waals surface area contributed by atoms with Gasteiger partial charge in [-0.2, -0.15) is 17.2 Å². The summed E-state index contributed by atoms with van der Waals surface area (Å²) in [6.07, 6.45) is -1.53. The van der Waals surface area contributed by atoms with Crippen LogP contribution < -0.4 is 0 Å². The average Bonchev–Trinajstić information content (AvgIpc) is 2.99. The Morgan fingerprint density at radius 1 is 1.41 bits per heavy atom. The maximum absolute atomic E-state index is 13.4. The summed E-state index contributed by atoms with van der Waals surface area (Å²) in [4.78, 5) is 11.5. The van der Waals surface area contributed by atoms with Gasteiger partial charge in [-0.25, -0.2) is 10.1 Å². The highest BCUT2D eigenvalue weighted by Crippen LogP contribution is 2.58. The Bertz CT molecular complexity index is 581. The van der Waals surface area contributed by atoms with Crippen molar-refractivity contribution >= 4 is 28.1 Å². The van der Waals surface area contributed by atoms with Crippen molar-refractivity contribution in [2.24, 2.45) is 17.8 Å². The fourth-order valence-electron chi connectivity index (χ4n) is 3.80. The van der Waals surface area contributed by atoms with Crippen molar-refractivity contribution in [2.75, 3.05) is 0 Å². The number of esters is 1. The highest BCUT2D eigenvalue weighted by molar-refractivity contribution is 7.96. The summed E-state index contributed by atoms with van der Waals surface area (Å²) in [5.74, 6) is -2.95. The first-order chi connectivity index (χ1) is 10.2. The van der Waals surface area contributed by atoms with Crippen LogP contribution in [-0.2, 0) is 33.2 Å². The maximum atomic E-state index is 13.4. The lowest BCUT2D eigenvalue weighted by molar-refractivity contribution is -0.433. The molecule has 126 valence electrons. The minimum absolute atomic E-state index is 0.343. The van der Waals surface area contributed by atoms with Gasteiger partial charge in [0.25, 0.3) is 10.1 Å². The monoisotopic (exact) mass is 362 g/mol. The van der Waals surface area contributed by atoms with Crippen LogP contribution in [0.25, 0.3) is 0 Å². The van der Waals surface area contributed by atoms with E-state index < -0.39 is 50.8 Å². The molecule has 1 saturated heterocycles. The molecular formula is C10H12F2O8S2. The number of hydrogen-bond donors (Lipinski definition) is 1. The lowest BCUT2D eigenvalue weighted by Crippen LogP contribution is -2.43. The van der Waals surface area contributed by atoms with Gasteiger partial charge >= 0.3 is 11.2 Å². The average molecular weight is 362 g/mol. The number of alkyl halides is 2. The zero-order chi connectivity index (χ0) is 16.3. The van der Waals surface area contributed by atoms with Crippen LogP contribution in [0.15, 0.2) is 0 Å². The molecule has 0 spiro atoms. The molecular weight excluding hydrogens is 350 g/mol. The van der Waals surface area contributed by atoms with Crippen molar-refractivity contribution in [2.45, 2.75) is 36.1 Å². The zero-order valence-electron chi connectivity index (χ0n) is 11.0. The van der Waals surface area contributed by atoms with E-state index in [-0.39, 0.29) is 17.8 Å². The van der Waals surface area contributed by atoms with E-state index >= 15 is 0 Å². The minimum Gasteiger partial charge on any atom is -0.454 e. The Kier molecular flexibility index (Phi) is 3.89. The van der Waals surface area contributed by atoms with Gasteiger partial charge in [-0.1, -0.05) is 12.0 Å². The highest BCUT2D eigenvalue weighted by Gasteiger charge is 2.69. The van der Waals surface area contributed by atoms with Crippen molar-refractivity contribution in [3.8, 4) is 0 Å². The van der Waals surface area contributed by atoms with Crippen LogP contribution in [0.2, 0.25) is 0 Å². The van der Waals surface area contributed by atoms with Gasteiger partial charge in [0.15, 0.2) is 0 Å². The molecule has 1 aliphatic heterocycles. The van der Waals surface area contributed by atoms with Crippen molar-refractivity contribution < 1.29 is 45.5 Å². The van der Waals surface area contributed by atoms with Gasteiger partial charge in [-0.15, -0.1) is 4.33 Å². The predicted molar refractivity (Wildman–Crippen MR) is 65.6 cm³/mol. The summed E-state index contributed by atoms with van der Waals surface area (Å²) in [6.45, 7) is 1.67. The third kappa shape index (κ3) is 2.32. The smallest absolute Gasteiger partial charge is 0.415 e. The number of fused-ring (bicyclic) bond motifs is 1. The molecule has 8 nitrogen and oxygen atoms in total. The Labute approximate surface area is 128 Å². The lowest BCUT2D eigenvalue weighted by Gasteiger charge is -2.29. The Morgan fingerprint density at radius 2 is 2.09 bits per heavy atom. The molecule has 1 heterocycles. The highest BCUT2D eigenvalue weighted by atomic mass is 32.2. The third-order valence-electron chi connectivity index (χ3n) is 4.56. The van der Waals surface area contributed by atoms with E-state index in [1.54, 1.807) is 6.92 Å². The lowest BCUT2D eigenvalue weighted by atomic mass is 9.86. The van der Waals surface area contributed by atoms with Crippen LogP contribution in [0.4, 0.5) is 8.78 Å². The first-order valence-corrected chi connectivity index (χ1v) is 8.57. The quantitative estimate of drug-likeness (QED) is 0.251. The predicted octanol–water partition coefficient (Wildman–Crippen LogP) is 0.943. The van der Waals surface area contributed by atoms with Crippen LogP contribution in [-0.4, -0.2) is 42.4 Å². The zero-order valence-corrected chi connectivity index (χ0v) is 12.7. The maximum Gasteiger partial charge on any atom is 0.415 e. The minimum atomic E-state index is -4.12. The molecule has 3 aliphatic rings. The molecule has 0 aromatic rings. The SMILES string of the molecule is CC1C2CC3C(OS(=O)(=O)C13)C2OC(=O)C(F)(F)SOOO. The Balaban J connectivity index is 1.74. The van der Waals surface area contributed by atoms with E-state index in [1.807, 2.05) is 0 Å². The van der Waals surface area contributed by atoms with Crippen LogP contribution in [0, 0.1) is 17.8 Å². The number of rotatable bonds is 5. The molecule has 22 heavy (non-hydrogen) atoms. The first-order valence-electron chi connectivity index (χ1n) is 6.36. The standard InChI is InChI=1S/C10H12F2O8S2/c1-3-4-2-5-7(18-22(15,16)8(3)5)6(4)17-9(13)10(11,12)21-20-19-14/h3-8,14H,2H2,1H3. The second-order valence-corrected chi connectivity index (χ2v) is 8.09. The number of hydrogen-bond acceptors (Lipinski definition) is 9. The van der Waals surface area contributed by atoms with Crippen LogP contribution >= 0.6 is 12.0 Å². The molecule has 2 aliphatic carbocycles. The van der Waals surface area contributed by atoms with Gasteiger partial charge in [-0.05, 0) is 12.3 Å². The molecule has 3 fully saturated rings. The molecule has 0 amide bonds. The Hall–Kier alpha value is -0.530. The fourth-order valence-corrected chi connectivity index (χ4v) is 6.14. The third-order valence-corrected chi connectivity index (χ3v) is 7.00. The summed E-state index contributed by atoms with van der Waals surface area (Å²) < 4.78 is 63.9. The number of ether oxygens (including phenoxy) is 1. The van der Waals surface area contributed by atoms with E-state index in [0.29, 0.717) is 6.42 Å². The van der Waals surface area contributed by atoms with E-state index in [2.05, 4.69) is 9.37 Å². The molecule has 2 bridgehead atoms. The van der Waals surface area contributed by atoms with Gasteiger partial charge in [0.05, 0.1) is 5.25 Å². The Morgan fingerprint density at radius 3 is 2.73 bits per heavy atom. The van der Waals surface area contributed by atoms with E-state index in [4.69, 9.17) is 14.2 Å². The summed E-state index contributed by atoms with van der Waals surface area (Å²) in [7, 11) is -3.76. The fraction of sp³-hybridized carbons (Fsp3) is 0.900. The summed E-state index contributed by atoms with van der Waals surface area (Å²) >= 11 is -0.729. The van der Waals surface area contributed by atoms with Crippen molar-refractivity contribution in [3.05, 3.63) is 0 Å². The molecule has 6 atom stereocenters. The molecule has 2 saturated carbocycles. The largest absolute Gasteiger partial charge is 0.454 e. The van der Waals surface area contributed by atoms with Crippen molar-refractivity contribution in [3.63, 3.8) is 0 Å². The molecule has 0 aromatic heterocycles. The molecule has 3 rings (SSSR count). The van der Waals surface area contributed by atoms with Crippen LogP contribution in [0.5, 0.6) is 0 Å². The molecule has 1 N–H and O–H groups in total. The van der Waals surface area contributed by atoms with E-state index in [9.17, 15) is 22.0 Å². The van der Waals surface area contributed by atoms with Gasteiger partial charge in [0, 0.05) is 11.8 Å². The van der Waals surface area contributed by atoms with Gasteiger partial charge in [0.2, 0.25) is 0 Å². The topological polar surface area (TPSA) is 108 Å². The molecule has 6 unspecified atom stereocenters. The second kappa shape index (κ2) is 5.24. The number of halogens is 2. The molecule has 0 radical (unpaired) electrons. The summed E-state index contributed by atoms with van der Waals surface area (Å²) in [6, 6.07) is 0. The molecule has 12 heteroatoms. The van der Waals surface area contributed by atoms with Gasteiger partial charge < -0.3 is 4.74 Å². The van der Waals surface area contributed by atoms with Gasteiger partial charge in [0.1, 0.15) is 24.3 Å². The second-order valence-electron chi connectivity index (χ2n) is 5.55. The first kappa shape index (κ1) is 16.3. The normalized spacial score (nSPS) is 41.8. The van der Waals surface area contributed by atoms with Crippen molar-refractivity contribution in [1.29, 1.82) is 0 Å². The van der Waals surface area contributed by atoms with E-state index in [1.165, 1.54) is 0 Å². The van der Waals surface area contributed by atoms with E-state index in [0.717, 1.165) is 0 Å². The molecule has 0 aromatic carbocycles. The van der Waals surface area contributed by atoms with Crippen LogP contribution in [0.3, 0.4) is 0 Å².